The number of halogens is 1. The van der Waals surface area contributed by atoms with Gasteiger partial charge in [-0.2, -0.15) is 4.57 Å². The Morgan fingerprint density at radius 3 is 2.04 bits per heavy atom. The van der Waals surface area contributed by atoms with E-state index in [1.165, 1.54) is 0 Å². The number of rotatable bonds is 12. The second-order valence-corrected chi connectivity index (χ2v) is 7.42. The van der Waals surface area contributed by atoms with E-state index in [0.29, 0.717) is 19.0 Å². The van der Waals surface area contributed by atoms with Gasteiger partial charge in [-0.05, 0) is 18.9 Å². The highest BCUT2D eigenvalue weighted by atomic mass is 35.5. The first kappa shape index (κ1) is 23.7. The van der Waals surface area contributed by atoms with E-state index >= 15 is 0 Å². The molecule has 150 valence electrons. The Balaban J connectivity index is 0.00000364. The number of phosphoric ester groups is 1. The number of hydrogen-bond acceptors (Lipinski definition) is 6. The van der Waals surface area contributed by atoms with E-state index in [0.717, 1.165) is 31.2 Å². The average molecular weight is 416 g/mol. The highest BCUT2D eigenvalue weighted by Crippen LogP contribution is 2.49. The summed E-state index contributed by atoms with van der Waals surface area (Å²) in [5.74, 6) is 0.650. The van der Waals surface area contributed by atoms with Crippen molar-refractivity contribution in [3.8, 4) is 11.4 Å². The van der Waals surface area contributed by atoms with E-state index in [-0.39, 0.29) is 19.1 Å². The molecular formula is C18H27ClN3O4P. The summed E-state index contributed by atoms with van der Waals surface area (Å²) < 4.78 is 30.8. The summed E-state index contributed by atoms with van der Waals surface area (Å²) in [6, 6.07) is 5.52. The second kappa shape index (κ2) is 12.9. The highest BCUT2D eigenvalue weighted by molar-refractivity contribution is 7.48. The third-order valence-corrected chi connectivity index (χ3v) is 5.00. The Labute approximate surface area is 167 Å². The van der Waals surface area contributed by atoms with Gasteiger partial charge in [0.2, 0.25) is 0 Å². The summed E-state index contributed by atoms with van der Waals surface area (Å²) >= 11 is 0. The number of aromatic nitrogens is 3. The van der Waals surface area contributed by atoms with E-state index in [4.69, 9.17) is 13.6 Å². The zero-order valence-corrected chi connectivity index (χ0v) is 17.4. The van der Waals surface area contributed by atoms with Crippen LogP contribution in [0.1, 0.15) is 39.5 Å². The van der Waals surface area contributed by atoms with Gasteiger partial charge >= 0.3 is 7.82 Å². The van der Waals surface area contributed by atoms with Crippen LogP contribution in [0.5, 0.6) is 0 Å². The van der Waals surface area contributed by atoms with Gasteiger partial charge in [0.05, 0.1) is 13.2 Å². The summed E-state index contributed by atoms with van der Waals surface area (Å²) in [5, 5.41) is 0. The molecule has 27 heavy (non-hydrogen) atoms. The smallest absolute Gasteiger partial charge is 0.479 e. The normalized spacial score (nSPS) is 11.2. The Morgan fingerprint density at radius 1 is 0.963 bits per heavy atom. The molecule has 0 aliphatic rings. The molecule has 0 fully saturated rings. The standard InChI is InChI=1S/C18H27N3O4P.ClH/c1-3-5-14-23-26(22,24-15-6-4-2)25-16-21-12-8-17(9-13-21)18-19-10-7-11-20-18;/h7-13H,3-6,14-16H2,1-2H3;1H/q+1;/p-1. The Hall–Kier alpha value is -1.37. The molecule has 7 nitrogen and oxygen atoms in total. The lowest BCUT2D eigenvalue weighted by molar-refractivity contribution is -0.725. The van der Waals surface area contributed by atoms with Gasteiger partial charge in [0.1, 0.15) is 0 Å². The van der Waals surface area contributed by atoms with Crippen LogP contribution in [-0.2, 0) is 24.9 Å². The molecule has 0 unspecified atom stereocenters. The molecular weight excluding hydrogens is 389 g/mol. The van der Waals surface area contributed by atoms with Gasteiger partial charge in [-0.1, -0.05) is 26.7 Å². The quantitative estimate of drug-likeness (QED) is 0.294. The fraction of sp³-hybridized carbons (Fsp3) is 0.500. The molecule has 0 N–H and O–H groups in total. The number of hydrogen-bond donors (Lipinski definition) is 0. The van der Waals surface area contributed by atoms with Crippen LogP contribution in [0, 0.1) is 0 Å². The number of unbranched alkanes of at least 4 members (excludes halogenated alkanes) is 2. The summed E-state index contributed by atoms with van der Waals surface area (Å²) in [5.41, 5.74) is 0.892. The molecule has 9 heteroatoms. The highest BCUT2D eigenvalue weighted by Gasteiger charge is 2.28. The summed E-state index contributed by atoms with van der Waals surface area (Å²) in [4.78, 5) is 8.42. The van der Waals surface area contributed by atoms with Crippen LogP contribution in [-0.4, -0.2) is 23.2 Å². The van der Waals surface area contributed by atoms with E-state index in [9.17, 15) is 4.57 Å². The van der Waals surface area contributed by atoms with Gasteiger partial charge in [-0.25, -0.2) is 19.1 Å². The van der Waals surface area contributed by atoms with Crippen LogP contribution in [0.3, 0.4) is 0 Å². The van der Waals surface area contributed by atoms with E-state index in [1.54, 1.807) is 23.0 Å². The molecule has 0 atom stereocenters. The summed E-state index contributed by atoms with van der Waals surface area (Å²) in [6.07, 6.45) is 10.5. The molecule has 0 spiro atoms. The molecule has 0 radical (unpaired) electrons. The molecule has 0 saturated carbocycles. The minimum atomic E-state index is -3.56. The largest absolute Gasteiger partial charge is 1.00 e. The molecule has 2 aromatic heterocycles. The van der Waals surface area contributed by atoms with Gasteiger partial charge in [-0.15, -0.1) is 0 Å². The predicted octanol–water partition coefficient (Wildman–Crippen LogP) is 1.15. The molecule has 0 amide bonds. The van der Waals surface area contributed by atoms with Crippen LogP contribution < -0.4 is 17.0 Å². The molecule has 0 aromatic carbocycles. The van der Waals surface area contributed by atoms with Gasteiger partial charge < -0.3 is 12.4 Å². The van der Waals surface area contributed by atoms with Crippen molar-refractivity contribution in [1.29, 1.82) is 0 Å². The Bertz CT molecular complexity index is 675. The van der Waals surface area contributed by atoms with E-state index < -0.39 is 7.82 Å². The molecule has 0 aliphatic carbocycles. The summed E-state index contributed by atoms with van der Waals surface area (Å²) in [7, 11) is -3.56. The lowest BCUT2D eigenvalue weighted by atomic mass is 10.2. The average Bonchev–Trinajstić information content (AvgIpc) is 2.68. The minimum Gasteiger partial charge on any atom is -1.00 e. The SMILES string of the molecule is CCCCOP(=O)(OCCCC)OC[n+]1ccc(-c2ncccn2)cc1.[Cl-]. The predicted molar refractivity (Wildman–Crippen MR) is 98.1 cm³/mol. The zero-order valence-electron chi connectivity index (χ0n) is 15.8. The van der Waals surface area contributed by atoms with Crippen molar-refractivity contribution in [2.75, 3.05) is 13.2 Å². The zero-order chi connectivity index (χ0) is 18.7. The fourth-order valence-corrected chi connectivity index (χ4v) is 3.23. The van der Waals surface area contributed by atoms with Crippen molar-refractivity contribution in [3.63, 3.8) is 0 Å². The maximum absolute atomic E-state index is 12.7. The van der Waals surface area contributed by atoms with E-state index in [1.807, 2.05) is 38.4 Å². The number of phosphoric acid groups is 1. The van der Waals surface area contributed by atoms with Crippen LogP contribution in [0.25, 0.3) is 11.4 Å². The van der Waals surface area contributed by atoms with Crippen LogP contribution in [0.2, 0.25) is 0 Å². The van der Waals surface area contributed by atoms with Crippen molar-refractivity contribution >= 4 is 7.82 Å². The van der Waals surface area contributed by atoms with Gasteiger partial charge in [0.15, 0.2) is 18.2 Å². The lowest BCUT2D eigenvalue weighted by Crippen LogP contribution is -3.00. The van der Waals surface area contributed by atoms with Crippen molar-refractivity contribution in [1.82, 2.24) is 9.97 Å². The van der Waals surface area contributed by atoms with Crippen LogP contribution in [0.4, 0.5) is 0 Å². The molecule has 0 bridgehead atoms. The Kier molecular flexibility index (Phi) is 11.3. The first-order chi connectivity index (χ1) is 12.7. The maximum atomic E-state index is 12.7. The van der Waals surface area contributed by atoms with Gasteiger partial charge in [0.25, 0.3) is 6.73 Å². The van der Waals surface area contributed by atoms with Gasteiger partial charge in [-0.3, -0.25) is 9.05 Å². The minimum absolute atomic E-state index is 0. The molecule has 0 aliphatic heterocycles. The summed E-state index contributed by atoms with van der Waals surface area (Å²) in [6.45, 7) is 4.87. The van der Waals surface area contributed by atoms with Crippen LogP contribution in [0.15, 0.2) is 43.0 Å². The third kappa shape index (κ3) is 8.45. The number of nitrogens with zero attached hydrogens (tertiary/aromatic N) is 3. The topological polar surface area (TPSA) is 74.4 Å². The fourth-order valence-electron chi connectivity index (χ4n) is 2.03. The molecule has 2 aromatic rings. The number of pyridine rings is 1. The first-order valence-electron chi connectivity index (χ1n) is 8.97. The Morgan fingerprint density at radius 2 is 1.52 bits per heavy atom. The van der Waals surface area contributed by atoms with E-state index in [2.05, 4.69) is 9.97 Å². The van der Waals surface area contributed by atoms with Gasteiger partial charge in [0, 0.05) is 30.1 Å². The molecule has 0 saturated heterocycles. The lowest BCUT2D eigenvalue weighted by Gasteiger charge is -2.16. The van der Waals surface area contributed by atoms with Crippen molar-refractivity contribution < 1.29 is 35.1 Å². The molecule has 2 rings (SSSR count). The first-order valence-corrected chi connectivity index (χ1v) is 10.4. The van der Waals surface area contributed by atoms with Crippen molar-refractivity contribution in [3.05, 3.63) is 43.0 Å². The second-order valence-electron chi connectivity index (χ2n) is 5.75. The van der Waals surface area contributed by atoms with Crippen molar-refractivity contribution in [2.45, 2.75) is 46.3 Å². The van der Waals surface area contributed by atoms with Crippen LogP contribution >= 0.6 is 7.82 Å². The third-order valence-electron chi connectivity index (χ3n) is 3.57. The molecule has 2 heterocycles. The maximum Gasteiger partial charge on any atom is 0.479 e. The monoisotopic (exact) mass is 415 g/mol. The van der Waals surface area contributed by atoms with Crippen molar-refractivity contribution in [2.24, 2.45) is 0 Å².